The van der Waals surface area contributed by atoms with Gasteiger partial charge in [-0.3, -0.25) is 4.79 Å². The number of hydrogen-bond donors (Lipinski definition) is 2. The van der Waals surface area contributed by atoms with Crippen LogP contribution in [0.15, 0.2) is 30.5 Å². The zero-order valence-corrected chi connectivity index (χ0v) is 14.2. The first-order valence-corrected chi connectivity index (χ1v) is 7.98. The molecule has 0 radical (unpaired) electrons. The molecule has 0 saturated carbocycles. The number of carbonyl (C=O) groups is 1. The third-order valence-corrected chi connectivity index (χ3v) is 4.16. The van der Waals surface area contributed by atoms with E-state index < -0.39 is 0 Å². The van der Waals surface area contributed by atoms with E-state index in [1.54, 1.807) is 10.9 Å². The summed E-state index contributed by atoms with van der Waals surface area (Å²) in [7, 11) is 0. The Bertz CT molecular complexity index is 677. The summed E-state index contributed by atoms with van der Waals surface area (Å²) >= 11 is 0. The molecule has 1 atom stereocenters. The zero-order chi connectivity index (χ0) is 17.0. The van der Waals surface area contributed by atoms with Crippen molar-refractivity contribution in [1.29, 1.82) is 0 Å². The fourth-order valence-electron chi connectivity index (χ4n) is 2.63. The molecule has 0 aliphatic carbocycles. The van der Waals surface area contributed by atoms with Crippen molar-refractivity contribution in [2.45, 2.75) is 40.2 Å². The highest BCUT2D eigenvalue weighted by Crippen LogP contribution is 2.18. The van der Waals surface area contributed by atoms with E-state index in [0.29, 0.717) is 12.0 Å². The molecule has 0 fully saturated rings. The van der Waals surface area contributed by atoms with E-state index in [9.17, 15) is 4.79 Å². The Morgan fingerprint density at radius 1 is 1.30 bits per heavy atom. The second kappa shape index (κ2) is 7.42. The van der Waals surface area contributed by atoms with Gasteiger partial charge < -0.3 is 10.4 Å². The van der Waals surface area contributed by atoms with Gasteiger partial charge in [-0.25, -0.2) is 4.68 Å². The molecule has 0 bridgehead atoms. The summed E-state index contributed by atoms with van der Waals surface area (Å²) in [6.07, 6.45) is 2.15. The molecular formula is C18H25N3O2. The van der Waals surface area contributed by atoms with Crippen molar-refractivity contribution in [2.24, 2.45) is 5.92 Å². The quantitative estimate of drug-likeness (QED) is 0.861. The molecule has 1 heterocycles. The summed E-state index contributed by atoms with van der Waals surface area (Å²) in [5.41, 5.74) is 3.45. The minimum atomic E-state index is -0.144. The summed E-state index contributed by atoms with van der Waals surface area (Å²) in [6, 6.07) is 7.90. The Kier molecular flexibility index (Phi) is 5.55. The summed E-state index contributed by atoms with van der Waals surface area (Å²) in [5, 5.41) is 16.5. The third-order valence-electron chi connectivity index (χ3n) is 4.16. The van der Waals surface area contributed by atoms with Gasteiger partial charge in [0.2, 0.25) is 0 Å². The van der Waals surface area contributed by atoms with Gasteiger partial charge >= 0.3 is 0 Å². The topological polar surface area (TPSA) is 67.2 Å². The van der Waals surface area contributed by atoms with Crippen LogP contribution in [-0.4, -0.2) is 33.4 Å². The molecule has 5 nitrogen and oxygen atoms in total. The van der Waals surface area contributed by atoms with Crippen LogP contribution < -0.4 is 5.32 Å². The van der Waals surface area contributed by atoms with Gasteiger partial charge in [-0.2, -0.15) is 5.10 Å². The number of aliphatic hydroxyl groups is 1. The Morgan fingerprint density at radius 3 is 2.61 bits per heavy atom. The van der Waals surface area contributed by atoms with E-state index in [0.717, 1.165) is 16.9 Å². The molecular weight excluding hydrogens is 290 g/mol. The molecule has 5 heteroatoms. The average Bonchev–Trinajstić information content (AvgIpc) is 2.89. The Hall–Kier alpha value is -2.14. The zero-order valence-electron chi connectivity index (χ0n) is 14.2. The first kappa shape index (κ1) is 17.2. The van der Waals surface area contributed by atoms with Crippen LogP contribution in [0.1, 0.15) is 41.9 Å². The number of amides is 1. The molecule has 0 spiro atoms. The van der Waals surface area contributed by atoms with Crippen LogP contribution in [0.3, 0.4) is 0 Å². The number of para-hydroxylation sites is 1. The summed E-state index contributed by atoms with van der Waals surface area (Å²) in [4.78, 5) is 12.5. The normalized spacial score (nSPS) is 12.4. The number of aliphatic hydroxyl groups excluding tert-OH is 1. The van der Waals surface area contributed by atoms with Gasteiger partial charge in [0.1, 0.15) is 0 Å². The molecule has 1 aromatic heterocycles. The number of hydrogen-bond acceptors (Lipinski definition) is 3. The molecule has 1 aromatic carbocycles. The molecule has 2 N–H and O–H groups in total. The van der Waals surface area contributed by atoms with Crippen LogP contribution >= 0.6 is 0 Å². The van der Waals surface area contributed by atoms with Crippen molar-refractivity contribution in [3.05, 3.63) is 47.3 Å². The summed E-state index contributed by atoms with van der Waals surface area (Å²) in [5.74, 6) is 0.118. The monoisotopic (exact) mass is 315 g/mol. The number of carbonyl (C=O) groups excluding carboxylic acids is 1. The van der Waals surface area contributed by atoms with E-state index in [1.807, 2.05) is 52.0 Å². The van der Waals surface area contributed by atoms with Gasteiger partial charge in [-0.1, -0.05) is 32.0 Å². The number of nitrogens with one attached hydrogen (secondary N) is 1. The molecule has 1 unspecified atom stereocenters. The van der Waals surface area contributed by atoms with Crippen molar-refractivity contribution in [2.75, 3.05) is 6.61 Å². The Morgan fingerprint density at radius 2 is 2.00 bits per heavy atom. The van der Waals surface area contributed by atoms with Gasteiger partial charge in [-0.05, 0) is 37.8 Å². The molecule has 0 saturated heterocycles. The second-order valence-corrected chi connectivity index (χ2v) is 6.18. The second-order valence-electron chi connectivity index (χ2n) is 6.18. The number of rotatable bonds is 6. The standard InChI is InChI=1S/C18H25N3O2/c1-12(2)16(9-10-22)20-18(23)15-11-19-21(14(15)4)17-8-6-5-7-13(17)3/h5-8,11-12,16,22H,9-10H2,1-4H3,(H,20,23). The molecule has 2 aromatic rings. The number of nitrogens with zero attached hydrogens (tertiary/aromatic N) is 2. The van der Waals surface area contributed by atoms with Crippen molar-refractivity contribution < 1.29 is 9.90 Å². The lowest BCUT2D eigenvalue weighted by Gasteiger charge is -2.21. The van der Waals surface area contributed by atoms with Crippen LogP contribution in [0.25, 0.3) is 5.69 Å². The lowest BCUT2D eigenvalue weighted by Crippen LogP contribution is -2.39. The average molecular weight is 315 g/mol. The van der Waals surface area contributed by atoms with Gasteiger partial charge in [0.05, 0.1) is 23.1 Å². The fraction of sp³-hybridized carbons (Fsp3) is 0.444. The molecule has 2 rings (SSSR count). The lowest BCUT2D eigenvalue weighted by molar-refractivity contribution is 0.0916. The van der Waals surface area contributed by atoms with E-state index >= 15 is 0 Å². The van der Waals surface area contributed by atoms with E-state index in [2.05, 4.69) is 10.4 Å². The van der Waals surface area contributed by atoms with E-state index in [4.69, 9.17) is 5.11 Å². The third kappa shape index (κ3) is 3.79. The van der Waals surface area contributed by atoms with Gasteiger partial charge in [0.25, 0.3) is 5.91 Å². The van der Waals surface area contributed by atoms with Crippen LogP contribution in [-0.2, 0) is 0 Å². The highest BCUT2D eigenvalue weighted by atomic mass is 16.3. The maximum absolute atomic E-state index is 12.5. The molecule has 0 aliphatic heterocycles. The van der Waals surface area contributed by atoms with Gasteiger partial charge in [0, 0.05) is 12.6 Å². The minimum Gasteiger partial charge on any atom is -0.396 e. The highest BCUT2D eigenvalue weighted by Gasteiger charge is 2.20. The largest absolute Gasteiger partial charge is 0.396 e. The molecule has 0 aliphatic rings. The predicted octanol–water partition coefficient (Wildman–Crippen LogP) is 2.63. The molecule has 23 heavy (non-hydrogen) atoms. The van der Waals surface area contributed by atoms with Crippen molar-refractivity contribution in [3.63, 3.8) is 0 Å². The van der Waals surface area contributed by atoms with Crippen LogP contribution in [0.2, 0.25) is 0 Å². The maximum atomic E-state index is 12.5. The van der Waals surface area contributed by atoms with E-state index in [-0.39, 0.29) is 24.5 Å². The fourth-order valence-corrected chi connectivity index (χ4v) is 2.63. The maximum Gasteiger partial charge on any atom is 0.254 e. The lowest BCUT2D eigenvalue weighted by atomic mass is 10.0. The smallest absolute Gasteiger partial charge is 0.254 e. The van der Waals surface area contributed by atoms with Crippen molar-refractivity contribution in [3.8, 4) is 5.69 Å². The highest BCUT2D eigenvalue weighted by molar-refractivity contribution is 5.95. The SMILES string of the molecule is Cc1ccccc1-n1ncc(C(=O)NC(CCO)C(C)C)c1C. The summed E-state index contributed by atoms with van der Waals surface area (Å²) < 4.78 is 1.79. The summed E-state index contributed by atoms with van der Waals surface area (Å²) in [6.45, 7) is 8.04. The van der Waals surface area contributed by atoms with Crippen LogP contribution in [0.4, 0.5) is 0 Å². The van der Waals surface area contributed by atoms with Crippen molar-refractivity contribution in [1.82, 2.24) is 15.1 Å². The van der Waals surface area contributed by atoms with Crippen LogP contribution in [0.5, 0.6) is 0 Å². The Balaban J connectivity index is 2.25. The van der Waals surface area contributed by atoms with Crippen LogP contribution in [0, 0.1) is 19.8 Å². The van der Waals surface area contributed by atoms with Gasteiger partial charge in [0.15, 0.2) is 0 Å². The number of benzene rings is 1. The number of aromatic nitrogens is 2. The van der Waals surface area contributed by atoms with Crippen molar-refractivity contribution >= 4 is 5.91 Å². The first-order chi connectivity index (χ1) is 11.0. The molecule has 124 valence electrons. The Labute approximate surface area is 137 Å². The minimum absolute atomic E-state index is 0.0475. The first-order valence-electron chi connectivity index (χ1n) is 7.98. The van der Waals surface area contributed by atoms with E-state index in [1.165, 1.54) is 0 Å². The predicted molar refractivity (Wildman–Crippen MR) is 90.8 cm³/mol. The van der Waals surface area contributed by atoms with Gasteiger partial charge in [-0.15, -0.1) is 0 Å². The number of aryl methyl sites for hydroxylation is 1. The molecule has 1 amide bonds.